The van der Waals surface area contributed by atoms with E-state index in [9.17, 15) is 14.7 Å². The second-order valence-corrected chi connectivity index (χ2v) is 9.70. The number of amides is 2. The summed E-state index contributed by atoms with van der Waals surface area (Å²) in [6, 6.07) is 26.1. The van der Waals surface area contributed by atoms with Gasteiger partial charge in [0.25, 0.3) is 5.91 Å². The molecule has 1 aliphatic rings. The molecule has 3 aromatic carbocycles. The number of para-hydroxylation sites is 1. The molecule has 1 unspecified atom stereocenters. The van der Waals surface area contributed by atoms with Crippen LogP contribution in [0.2, 0.25) is 0 Å². The zero-order chi connectivity index (χ0) is 24.2. The normalized spacial score (nSPS) is 15.4. The Morgan fingerprint density at radius 3 is 2.40 bits per heavy atom. The number of benzene rings is 3. The van der Waals surface area contributed by atoms with E-state index in [0.29, 0.717) is 11.0 Å². The van der Waals surface area contributed by atoms with Crippen molar-refractivity contribution in [3.63, 3.8) is 0 Å². The topological polar surface area (TPSA) is 100 Å². The minimum absolute atomic E-state index is 0.0521. The number of hydrogen-bond acceptors (Lipinski definition) is 7. The summed E-state index contributed by atoms with van der Waals surface area (Å²) in [5.41, 5.74) is 5.37. The van der Waals surface area contributed by atoms with Crippen molar-refractivity contribution >= 4 is 35.3 Å². The highest BCUT2D eigenvalue weighted by atomic mass is 32.2. The maximum Gasteiger partial charge on any atom is 0.252 e. The monoisotopic (exact) mass is 503 g/mol. The molecule has 8 nitrogen and oxygen atoms in total. The van der Waals surface area contributed by atoms with E-state index in [1.807, 2.05) is 65.2 Å². The molecule has 0 bridgehead atoms. The third-order valence-corrected chi connectivity index (χ3v) is 7.44. The Bertz CT molecular complexity index is 1330. The quantitative estimate of drug-likeness (QED) is 0.367. The lowest BCUT2D eigenvalue weighted by atomic mass is 10.2. The molecule has 1 fully saturated rings. The fraction of sp³-hybridized carbons (Fsp3) is 0.120. The lowest BCUT2D eigenvalue weighted by Gasteiger charge is -2.24. The van der Waals surface area contributed by atoms with Gasteiger partial charge < -0.3 is 5.11 Å². The van der Waals surface area contributed by atoms with Crippen LogP contribution in [0.25, 0.3) is 17.1 Å². The van der Waals surface area contributed by atoms with Gasteiger partial charge in [-0.2, -0.15) is 0 Å². The zero-order valence-electron chi connectivity index (χ0n) is 18.4. The summed E-state index contributed by atoms with van der Waals surface area (Å²) < 4.78 is 1.92. The Balaban J connectivity index is 1.33. The Hall–Kier alpha value is -3.76. The van der Waals surface area contributed by atoms with Crippen LogP contribution in [0, 0.1) is 0 Å². The van der Waals surface area contributed by atoms with Gasteiger partial charge in [0.2, 0.25) is 5.91 Å². The molecule has 2 heterocycles. The SMILES string of the molecule is O=C(CSc1nnc(-c2ccccc2)n1-c1ccccc1)NN1C(=O)CSC1c1ccc(O)cc1. The van der Waals surface area contributed by atoms with Gasteiger partial charge in [0.1, 0.15) is 11.1 Å². The number of nitrogens with zero attached hydrogens (tertiary/aromatic N) is 4. The maximum absolute atomic E-state index is 12.8. The Kier molecular flexibility index (Phi) is 6.73. The first-order valence-electron chi connectivity index (χ1n) is 10.8. The van der Waals surface area contributed by atoms with E-state index in [2.05, 4.69) is 15.6 Å². The summed E-state index contributed by atoms with van der Waals surface area (Å²) in [5.74, 6) is 0.646. The number of thioether (sulfide) groups is 2. The van der Waals surface area contributed by atoms with E-state index in [-0.39, 0.29) is 34.4 Å². The second-order valence-electron chi connectivity index (χ2n) is 7.69. The molecule has 1 aromatic heterocycles. The summed E-state index contributed by atoms with van der Waals surface area (Å²) in [6.07, 6.45) is 0. The first kappa shape index (κ1) is 23.0. The van der Waals surface area contributed by atoms with Gasteiger partial charge in [-0.1, -0.05) is 72.4 Å². The Morgan fingerprint density at radius 2 is 1.69 bits per heavy atom. The van der Waals surface area contributed by atoms with Crippen LogP contribution >= 0.6 is 23.5 Å². The molecule has 5 rings (SSSR count). The van der Waals surface area contributed by atoms with Gasteiger partial charge in [0.05, 0.1) is 11.5 Å². The molecule has 4 aromatic rings. The fourth-order valence-electron chi connectivity index (χ4n) is 3.67. The van der Waals surface area contributed by atoms with Crippen molar-refractivity contribution in [3.8, 4) is 22.8 Å². The average molecular weight is 504 g/mol. The average Bonchev–Trinajstić information content (AvgIpc) is 3.48. The number of hydrazine groups is 1. The van der Waals surface area contributed by atoms with Crippen molar-refractivity contribution in [2.24, 2.45) is 0 Å². The van der Waals surface area contributed by atoms with Crippen molar-refractivity contribution in [1.29, 1.82) is 0 Å². The van der Waals surface area contributed by atoms with Gasteiger partial charge in [-0.15, -0.1) is 22.0 Å². The summed E-state index contributed by atoms with van der Waals surface area (Å²) in [5, 5.41) is 19.9. The van der Waals surface area contributed by atoms with Crippen LogP contribution < -0.4 is 5.43 Å². The second kappa shape index (κ2) is 10.2. The van der Waals surface area contributed by atoms with Crippen LogP contribution in [-0.2, 0) is 9.59 Å². The van der Waals surface area contributed by atoms with E-state index < -0.39 is 0 Å². The van der Waals surface area contributed by atoms with Crippen molar-refractivity contribution in [2.45, 2.75) is 10.5 Å². The number of carbonyl (C=O) groups excluding carboxylic acids is 2. The third kappa shape index (κ3) is 5.03. The molecule has 0 saturated carbocycles. The van der Waals surface area contributed by atoms with Crippen LogP contribution in [0.3, 0.4) is 0 Å². The number of nitrogens with one attached hydrogen (secondary N) is 1. The molecule has 35 heavy (non-hydrogen) atoms. The van der Waals surface area contributed by atoms with Gasteiger partial charge in [-0.05, 0) is 29.8 Å². The maximum atomic E-state index is 12.8. The van der Waals surface area contributed by atoms with Crippen LogP contribution in [-0.4, -0.2) is 48.2 Å². The zero-order valence-corrected chi connectivity index (χ0v) is 20.1. The molecule has 0 spiro atoms. The van der Waals surface area contributed by atoms with Crippen molar-refractivity contribution in [3.05, 3.63) is 90.5 Å². The van der Waals surface area contributed by atoms with E-state index in [4.69, 9.17) is 0 Å². The first-order chi connectivity index (χ1) is 17.1. The molecule has 2 amide bonds. The summed E-state index contributed by atoms with van der Waals surface area (Å²) >= 11 is 2.67. The predicted molar refractivity (Wildman–Crippen MR) is 136 cm³/mol. The van der Waals surface area contributed by atoms with E-state index in [0.717, 1.165) is 16.8 Å². The molecular weight excluding hydrogens is 482 g/mol. The first-order valence-corrected chi connectivity index (χ1v) is 12.8. The molecule has 0 radical (unpaired) electrons. The fourth-order valence-corrected chi connectivity index (χ4v) is 5.53. The van der Waals surface area contributed by atoms with Crippen LogP contribution in [0.15, 0.2) is 90.1 Å². The van der Waals surface area contributed by atoms with Crippen molar-refractivity contribution < 1.29 is 14.7 Å². The number of phenols is 1. The van der Waals surface area contributed by atoms with E-state index in [1.165, 1.54) is 28.5 Å². The van der Waals surface area contributed by atoms with Gasteiger partial charge in [0, 0.05) is 11.3 Å². The number of phenolic OH excluding ortho intramolecular Hbond substituents is 1. The highest BCUT2D eigenvalue weighted by Crippen LogP contribution is 2.37. The van der Waals surface area contributed by atoms with Gasteiger partial charge >= 0.3 is 0 Å². The number of rotatable bonds is 7. The molecule has 1 aliphatic heterocycles. The Labute approximate surface area is 210 Å². The predicted octanol–water partition coefficient (Wildman–Crippen LogP) is 4.04. The number of aromatic hydroxyl groups is 1. The summed E-state index contributed by atoms with van der Waals surface area (Å²) in [7, 11) is 0. The molecule has 2 N–H and O–H groups in total. The summed E-state index contributed by atoms with van der Waals surface area (Å²) in [4.78, 5) is 25.3. The van der Waals surface area contributed by atoms with E-state index >= 15 is 0 Å². The minimum atomic E-state index is -0.352. The van der Waals surface area contributed by atoms with Crippen LogP contribution in [0.1, 0.15) is 10.9 Å². The summed E-state index contributed by atoms with van der Waals surface area (Å²) in [6.45, 7) is 0. The van der Waals surface area contributed by atoms with Crippen molar-refractivity contribution in [2.75, 3.05) is 11.5 Å². The van der Waals surface area contributed by atoms with Crippen molar-refractivity contribution in [1.82, 2.24) is 25.2 Å². The molecule has 0 aliphatic carbocycles. The highest BCUT2D eigenvalue weighted by Gasteiger charge is 2.34. The lowest BCUT2D eigenvalue weighted by molar-refractivity contribution is -0.138. The Morgan fingerprint density at radius 1 is 1.00 bits per heavy atom. The smallest absolute Gasteiger partial charge is 0.252 e. The molecule has 10 heteroatoms. The largest absolute Gasteiger partial charge is 0.508 e. The standard InChI is InChI=1S/C25H21N5O3S2/c31-20-13-11-18(12-14-20)24-30(22(33)16-34-24)28-21(32)15-35-25-27-26-23(17-7-3-1-4-8-17)29(25)19-9-5-2-6-10-19/h1-14,24,31H,15-16H2,(H,28,32). The molecule has 176 valence electrons. The van der Waals surface area contributed by atoms with E-state index in [1.54, 1.807) is 24.3 Å². The highest BCUT2D eigenvalue weighted by molar-refractivity contribution is 8.00. The van der Waals surface area contributed by atoms with Gasteiger partial charge in [-0.3, -0.25) is 19.6 Å². The minimum Gasteiger partial charge on any atom is -0.508 e. The van der Waals surface area contributed by atoms with Gasteiger partial charge in [-0.25, -0.2) is 5.01 Å². The van der Waals surface area contributed by atoms with Crippen LogP contribution in [0.4, 0.5) is 0 Å². The molecule has 1 atom stereocenters. The van der Waals surface area contributed by atoms with Crippen LogP contribution in [0.5, 0.6) is 5.75 Å². The molecule has 1 saturated heterocycles. The number of aromatic nitrogens is 3. The molecular formula is C25H21N5O3S2. The number of hydrogen-bond donors (Lipinski definition) is 2. The number of carbonyl (C=O) groups is 2. The van der Waals surface area contributed by atoms with Gasteiger partial charge in [0.15, 0.2) is 11.0 Å². The third-order valence-electron chi connectivity index (χ3n) is 5.30. The lowest BCUT2D eigenvalue weighted by Crippen LogP contribution is -2.45.